The topological polar surface area (TPSA) is 111 Å². The number of rotatable bonds is 6. The summed E-state index contributed by atoms with van der Waals surface area (Å²) in [6.07, 6.45) is 0.897. The third kappa shape index (κ3) is 4.05. The van der Waals surface area contributed by atoms with Crippen molar-refractivity contribution < 1.29 is 18.7 Å². The highest BCUT2D eigenvalue weighted by Crippen LogP contribution is 2.29. The molecule has 4 heterocycles. The third-order valence-corrected chi connectivity index (χ3v) is 5.81. The van der Waals surface area contributed by atoms with E-state index in [1.807, 2.05) is 0 Å². The molecule has 176 valence electrons. The zero-order chi connectivity index (χ0) is 23.8. The number of pyridine rings is 1. The van der Waals surface area contributed by atoms with Gasteiger partial charge in [0.15, 0.2) is 11.6 Å². The van der Waals surface area contributed by atoms with Crippen LogP contribution in [0.15, 0.2) is 47.5 Å². The van der Waals surface area contributed by atoms with Crippen LogP contribution in [-0.4, -0.2) is 53.0 Å². The van der Waals surface area contributed by atoms with Crippen molar-refractivity contribution in [2.24, 2.45) is 7.05 Å². The Morgan fingerprint density at radius 3 is 2.97 bits per heavy atom. The highest BCUT2D eigenvalue weighted by Gasteiger charge is 2.34. The summed E-state index contributed by atoms with van der Waals surface area (Å²) in [6, 6.07) is 6.23. The van der Waals surface area contributed by atoms with Gasteiger partial charge < -0.3 is 24.7 Å². The maximum Gasteiger partial charge on any atom is 0.416 e. The number of cyclic esters (lactones) is 1. The van der Waals surface area contributed by atoms with E-state index in [1.54, 1.807) is 19.2 Å². The number of nitrogens with one attached hydrogen (secondary N) is 2. The maximum atomic E-state index is 14.5. The number of fused-ring (bicyclic) bond motifs is 2. The minimum Gasteiger partial charge on any atom is -0.469 e. The number of hydrogen-bond acceptors (Lipinski definition) is 8. The van der Waals surface area contributed by atoms with Crippen molar-refractivity contribution in [2.75, 3.05) is 36.5 Å². The van der Waals surface area contributed by atoms with Crippen LogP contribution in [0.1, 0.15) is 5.56 Å². The molecule has 1 fully saturated rings. The van der Waals surface area contributed by atoms with Crippen molar-refractivity contribution in [1.82, 2.24) is 19.9 Å². The van der Waals surface area contributed by atoms with Gasteiger partial charge in [-0.15, -0.1) is 0 Å². The fraction of sp³-hybridized carbons (Fsp3) is 0.304. The van der Waals surface area contributed by atoms with Crippen LogP contribution in [-0.2, 0) is 18.2 Å². The van der Waals surface area contributed by atoms with Gasteiger partial charge >= 0.3 is 6.09 Å². The van der Waals surface area contributed by atoms with Crippen molar-refractivity contribution >= 4 is 28.6 Å². The Morgan fingerprint density at radius 1 is 1.29 bits per heavy atom. The predicted octanol–water partition coefficient (Wildman–Crippen LogP) is 1.94. The fourth-order valence-electron chi connectivity index (χ4n) is 4.12. The molecule has 1 aromatic carbocycles. The Labute approximate surface area is 194 Å². The second-order valence-electron chi connectivity index (χ2n) is 8.16. The van der Waals surface area contributed by atoms with E-state index in [9.17, 15) is 14.0 Å². The van der Waals surface area contributed by atoms with E-state index in [-0.39, 0.29) is 17.9 Å². The molecule has 2 aliphatic rings. The van der Waals surface area contributed by atoms with Gasteiger partial charge in [-0.25, -0.2) is 19.2 Å². The minimum absolute atomic E-state index is 0.193. The molecule has 0 radical (unpaired) electrons. The van der Waals surface area contributed by atoms with Gasteiger partial charge in [0.25, 0.3) is 11.4 Å². The molecule has 5 rings (SSSR count). The quantitative estimate of drug-likeness (QED) is 0.531. The van der Waals surface area contributed by atoms with Gasteiger partial charge in [0, 0.05) is 30.9 Å². The van der Waals surface area contributed by atoms with Crippen LogP contribution in [0.3, 0.4) is 0 Å². The van der Waals surface area contributed by atoms with Crippen LogP contribution >= 0.6 is 0 Å². The molecule has 3 aromatic rings. The van der Waals surface area contributed by atoms with Crippen molar-refractivity contribution in [1.29, 1.82) is 0 Å². The van der Waals surface area contributed by atoms with E-state index in [0.29, 0.717) is 60.4 Å². The number of halogens is 1. The summed E-state index contributed by atoms with van der Waals surface area (Å²) >= 11 is 0. The Hall–Kier alpha value is -3.99. The van der Waals surface area contributed by atoms with Gasteiger partial charge in [0.2, 0.25) is 0 Å². The van der Waals surface area contributed by atoms with Gasteiger partial charge in [0.05, 0.1) is 18.3 Å². The summed E-state index contributed by atoms with van der Waals surface area (Å²) < 4.78 is 26.9. The number of ether oxygens (including phenoxy) is 2. The molecule has 34 heavy (non-hydrogen) atoms. The zero-order valence-corrected chi connectivity index (χ0v) is 18.5. The highest BCUT2D eigenvalue weighted by atomic mass is 19.1. The number of benzene rings is 1. The van der Waals surface area contributed by atoms with E-state index in [2.05, 4.69) is 27.2 Å². The molecule has 2 N–H and O–H groups in total. The van der Waals surface area contributed by atoms with Crippen molar-refractivity contribution in [3.05, 3.63) is 64.5 Å². The van der Waals surface area contributed by atoms with Crippen molar-refractivity contribution in [3.8, 4) is 5.88 Å². The molecule has 1 saturated heterocycles. The summed E-state index contributed by atoms with van der Waals surface area (Å²) in [5.41, 5.74) is 1.50. The number of amides is 1. The van der Waals surface area contributed by atoms with E-state index in [0.717, 1.165) is 5.39 Å². The Morgan fingerprint density at radius 2 is 2.12 bits per heavy atom. The lowest BCUT2D eigenvalue weighted by Crippen LogP contribution is -2.32. The predicted molar refractivity (Wildman–Crippen MR) is 124 cm³/mol. The van der Waals surface area contributed by atoms with E-state index >= 15 is 0 Å². The molecule has 11 heteroatoms. The van der Waals surface area contributed by atoms with Gasteiger partial charge in [0.1, 0.15) is 18.5 Å². The molecule has 0 unspecified atom stereocenters. The number of aryl methyl sites for hydroxylation is 1. The van der Waals surface area contributed by atoms with Gasteiger partial charge in [-0.05, 0) is 36.6 Å². The van der Waals surface area contributed by atoms with Crippen molar-refractivity contribution in [2.45, 2.75) is 12.5 Å². The van der Waals surface area contributed by atoms with Gasteiger partial charge in [-0.1, -0.05) is 6.58 Å². The van der Waals surface area contributed by atoms with Crippen molar-refractivity contribution in [3.63, 3.8) is 0 Å². The van der Waals surface area contributed by atoms with Crippen LogP contribution in [0.4, 0.5) is 20.8 Å². The van der Waals surface area contributed by atoms with Crippen LogP contribution in [0.25, 0.3) is 10.9 Å². The average molecular weight is 466 g/mol. The Balaban J connectivity index is 1.21. The molecule has 0 saturated carbocycles. The smallest absolute Gasteiger partial charge is 0.416 e. The SMILES string of the molecule is C=C1COc2ncc(N3C[C@H](CNCCc4c(F)ccc5ccc(=O)n(C)c45)OC3=O)nc2N1. The summed E-state index contributed by atoms with van der Waals surface area (Å²) in [5, 5.41) is 7.01. The fourth-order valence-corrected chi connectivity index (χ4v) is 4.12. The van der Waals surface area contributed by atoms with Gasteiger partial charge in [-0.2, -0.15) is 0 Å². The number of carbonyl (C=O) groups is 1. The summed E-state index contributed by atoms with van der Waals surface area (Å²) in [5.74, 6) is 0.728. The molecule has 0 bridgehead atoms. The Bertz CT molecular complexity index is 1360. The second kappa shape index (κ2) is 8.75. The van der Waals surface area contributed by atoms with E-state index in [4.69, 9.17) is 9.47 Å². The van der Waals surface area contributed by atoms with Crippen LogP contribution < -0.4 is 25.8 Å². The Kier molecular flexibility index (Phi) is 5.62. The summed E-state index contributed by atoms with van der Waals surface area (Å²) in [4.78, 5) is 34.4. The number of carbonyl (C=O) groups excluding carboxylic acids is 1. The number of hydrogen-bond donors (Lipinski definition) is 2. The maximum absolute atomic E-state index is 14.5. The highest BCUT2D eigenvalue weighted by molar-refractivity contribution is 5.88. The number of aromatic nitrogens is 3. The normalized spacial score (nSPS) is 17.4. The summed E-state index contributed by atoms with van der Waals surface area (Å²) in [6.45, 7) is 5.22. The molecular formula is C23H23FN6O4. The first-order valence-electron chi connectivity index (χ1n) is 10.8. The third-order valence-electron chi connectivity index (χ3n) is 5.81. The van der Waals surface area contributed by atoms with E-state index in [1.165, 1.54) is 27.8 Å². The standard InChI is InChI=1S/C23H23FN6O4/c1-13-12-33-22-21(27-13)28-18(10-26-22)30-11-15(34-23(30)32)9-25-8-7-16-17(24)5-3-14-4-6-19(31)29(2)20(14)16/h3-6,10,15,25H,1,7-9,11-12H2,2H3,(H,27,28)/t15-/m0/s1. The molecule has 2 aliphatic heterocycles. The monoisotopic (exact) mass is 466 g/mol. The lowest BCUT2D eigenvalue weighted by Gasteiger charge is -2.20. The molecular weight excluding hydrogens is 443 g/mol. The van der Waals surface area contributed by atoms with E-state index < -0.39 is 12.2 Å². The first-order chi connectivity index (χ1) is 16.4. The lowest BCUT2D eigenvalue weighted by molar-refractivity contribution is 0.140. The van der Waals surface area contributed by atoms with Crippen LogP contribution in [0.5, 0.6) is 5.88 Å². The molecule has 10 nitrogen and oxygen atoms in total. The molecule has 1 atom stereocenters. The average Bonchev–Trinajstić information content (AvgIpc) is 3.20. The molecule has 0 spiro atoms. The van der Waals surface area contributed by atoms with Crippen LogP contribution in [0.2, 0.25) is 0 Å². The van der Waals surface area contributed by atoms with Gasteiger partial charge in [-0.3, -0.25) is 9.69 Å². The molecule has 1 amide bonds. The number of anilines is 2. The zero-order valence-electron chi connectivity index (χ0n) is 18.5. The lowest BCUT2D eigenvalue weighted by atomic mass is 10.1. The molecule has 2 aromatic heterocycles. The number of nitrogens with zero attached hydrogens (tertiary/aromatic N) is 4. The first kappa shape index (κ1) is 21.8. The second-order valence-corrected chi connectivity index (χ2v) is 8.16. The summed E-state index contributed by atoms with van der Waals surface area (Å²) in [7, 11) is 1.63. The first-order valence-corrected chi connectivity index (χ1v) is 10.8. The van der Waals surface area contributed by atoms with Crippen LogP contribution in [0, 0.1) is 5.82 Å². The minimum atomic E-state index is -0.522. The molecule has 0 aliphatic carbocycles. The largest absolute Gasteiger partial charge is 0.469 e.